The lowest BCUT2D eigenvalue weighted by Gasteiger charge is -2.23. The summed E-state index contributed by atoms with van der Waals surface area (Å²) in [5.74, 6) is -0.0228. The second-order valence-electron chi connectivity index (χ2n) is 8.02. The summed E-state index contributed by atoms with van der Waals surface area (Å²) in [4.78, 5) is 22.0. The molecule has 11 heteroatoms. The first kappa shape index (κ1) is 24.5. The molecule has 0 amide bonds. The molecule has 0 spiro atoms. The molecule has 0 unspecified atom stereocenters. The van der Waals surface area contributed by atoms with E-state index in [1.54, 1.807) is 32.2 Å². The van der Waals surface area contributed by atoms with Gasteiger partial charge in [-0.15, -0.1) is 0 Å². The van der Waals surface area contributed by atoms with Crippen LogP contribution in [-0.2, 0) is 21.2 Å². The third kappa shape index (κ3) is 5.40. The number of nitrogens with zero attached hydrogens (tertiary/aromatic N) is 2. The fourth-order valence-corrected chi connectivity index (χ4v) is 3.71. The van der Waals surface area contributed by atoms with Gasteiger partial charge < -0.3 is 24.5 Å². The monoisotopic (exact) mass is 490 g/mol. The molecule has 0 aliphatic heterocycles. The first-order valence-corrected chi connectivity index (χ1v) is 11.1. The maximum atomic E-state index is 13.3. The molecule has 8 nitrogen and oxygen atoms in total. The SMILES string of the molecule is CCOC(=O)c1c(NC2(c3cccc(C(F)(F)F)c3)CC2)nc(NCCOC)nc1-c1ccco1. The minimum Gasteiger partial charge on any atom is -0.463 e. The van der Waals surface area contributed by atoms with Gasteiger partial charge in [0.1, 0.15) is 17.1 Å². The number of methoxy groups -OCH3 is 1. The van der Waals surface area contributed by atoms with Gasteiger partial charge in [-0.1, -0.05) is 12.1 Å². The molecule has 1 saturated carbocycles. The van der Waals surface area contributed by atoms with Crippen LogP contribution < -0.4 is 10.6 Å². The second kappa shape index (κ2) is 9.95. The molecule has 1 fully saturated rings. The van der Waals surface area contributed by atoms with Gasteiger partial charge in [0.2, 0.25) is 5.95 Å². The number of ether oxygens (including phenoxy) is 2. The topological polar surface area (TPSA) is 98.5 Å². The van der Waals surface area contributed by atoms with Crippen LogP contribution in [0.4, 0.5) is 24.9 Å². The van der Waals surface area contributed by atoms with Crippen molar-refractivity contribution in [2.75, 3.05) is 37.5 Å². The van der Waals surface area contributed by atoms with Crippen LogP contribution in [0, 0.1) is 0 Å². The molecule has 1 aliphatic carbocycles. The normalized spacial score (nSPS) is 14.4. The van der Waals surface area contributed by atoms with Crippen molar-refractivity contribution in [2.24, 2.45) is 0 Å². The molecule has 2 N–H and O–H groups in total. The summed E-state index contributed by atoms with van der Waals surface area (Å²) in [6.45, 7) is 2.56. The van der Waals surface area contributed by atoms with Gasteiger partial charge in [0.25, 0.3) is 0 Å². The van der Waals surface area contributed by atoms with E-state index < -0.39 is 23.2 Å². The molecule has 2 aromatic heterocycles. The highest BCUT2D eigenvalue weighted by molar-refractivity contribution is 6.01. The van der Waals surface area contributed by atoms with Gasteiger partial charge in [0.05, 0.1) is 30.6 Å². The number of aromatic nitrogens is 2. The highest BCUT2D eigenvalue weighted by Crippen LogP contribution is 2.50. The predicted molar refractivity (Wildman–Crippen MR) is 122 cm³/mol. The summed E-state index contributed by atoms with van der Waals surface area (Å²) < 4.78 is 55.8. The number of carbonyl (C=O) groups excluding carboxylic acids is 1. The number of nitrogens with one attached hydrogen (secondary N) is 2. The second-order valence-corrected chi connectivity index (χ2v) is 8.02. The van der Waals surface area contributed by atoms with Gasteiger partial charge in [-0.25, -0.2) is 9.78 Å². The van der Waals surface area contributed by atoms with Crippen molar-refractivity contribution in [2.45, 2.75) is 31.5 Å². The molecular formula is C24H25F3N4O4. The number of hydrogen-bond donors (Lipinski definition) is 2. The van der Waals surface area contributed by atoms with Crippen molar-refractivity contribution in [3.63, 3.8) is 0 Å². The van der Waals surface area contributed by atoms with E-state index in [-0.39, 0.29) is 29.6 Å². The summed E-state index contributed by atoms with van der Waals surface area (Å²) in [7, 11) is 1.56. The van der Waals surface area contributed by atoms with Crippen molar-refractivity contribution in [1.82, 2.24) is 9.97 Å². The highest BCUT2D eigenvalue weighted by Gasteiger charge is 2.47. The molecular weight excluding hydrogens is 465 g/mol. The lowest BCUT2D eigenvalue weighted by atomic mass is 10.0. The number of rotatable bonds is 10. The van der Waals surface area contributed by atoms with E-state index in [1.807, 2.05) is 0 Å². The standard InChI is InChI=1S/C24H25F3N4O4/c1-3-34-21(32)18-19(17-8-5-12-35-17)29-22(28-11-13-33-2)30-20(18)31-23(9-10-23)15-6-4-7-16(14-15)24(25,26)27/h4-8,12,14H,3,9-11,13H2,1-2H3,(H2,28,29,30,31). The summed E-state index contributed by atoms with van der Waals surface area (Å²) >= 11 is 0. The van der Waals surface area contributed by atoms with E-state index in [4.69, 9.17) is 13.9 Å². The van der Waals surface area contributed by atoms with Crippen LogP contribution >= 0.6 is 0 Å². The Bertz CT molecular complexity index is 1180. The largest absolute Gasteiger partial charge is 0.463 e. The summed E-state index contributed by atoms with van der Waals surface area (Å²) in [6.07, 6.45) is -1.91. The molecule has 3 aromatic rings. The summed E-state index contributed by atoms with van der Waals surface area (Å²) in [5, 5.41) is 6.26. The first-order chi connectivity index (χ1) is 16.8. The molecule has 2 heterocycles. The van der Waals surface area contributed by atoms with Crippen molar-refractivity contribution in [3.8, 4) is 11.5 Å². The number of carbonyl (C=O) groups is 1. The first-order valence-electron chi connectivity index (χ1n) is 11.1. The Morgan fingerprint density at radius 1 is 1.20 bits per heavy atom. The van der Waals surface area contributed by atoms with Gasteiger partial charge in [0, 0.05) is 13.7 Å². The Labute approximate surface area is 199 Å². The lowest BCUT2D eigenvalue weighted by Crippen LogP contribution is -2.24. The number of alkyl halides is 3. The van der Waals surface area contributed by atoms with Gasteiger partial charge in [-0.2, -0.15) is 18.2 Å². The molecule has 4 rings (SSSR count). The maximum absolute atomic E-state index is 13.3. The predicted octanol–water partition coefficient (Wildman–Crippen LogP) is 5.09. The van der Waals surface area contributed by atoms with Crippen LogP contribution in [0.2, 0.25) is 0 Å². The van der Waals surface area contributed by atoms with Crippen LogP contribution in [0.25, 0.3) is 11.5 Å². The van der Waals surface area contributed by atoms with E-state index in [2.05, 4.69) is 20.6 Å². The molecule has 1 aliphatic rings. The highest BCUT2D eigenvalue weighted by atomic mass is 19.4. The average Bonchev–Trinajstić information content (AvgIpc) is 3.39. The maximum Gasteiger partial charge on any atom is 0.416 e. The van der Waals surface area contributed by atoms with Crippen LogP contribution in [-0.4, -0.2) is 42.8 Å². The molecule has 0 radical (unpaired) electrons. The molecule has 0 saturated heterocycles. The number of halogens is 3. The summed E-state index contributed by atoms with van der Waals surface area (Å²) in [6, 6.07) is 8.46. The Hall–Kier alpha value is -3.60. The Balaban J connectivity index is 1.80. The fraction of sp³-hybridized carbons (Fsp3) is 0.375. The smallest absolute Gasteiger partial charge is 0.416 e. The van der Waals surface area contributed by atoms with Gasteiger partial charge >= 0.3 is 12.1 Å². The fourth-order valence-electron chi connectivity index (χ4n) is 3.71. The Kier molecular flexibility index (Phi) is 6.97. The summed E-state index contributed by atoms with van der Waals surface area (Å²) in [5.41, 5.74) is -0.868. The zero-order valence-corrected chi connectivity index (χ0v) is 19.2. The zero-order valence-electron chi connectivity index (χ0n) is 19.2. The Morgan fingerprint density at radius 2 is 2.00 bits per heavy atom. The van der Waals surface area contributed by atoms with E-state index >= 15 is 0 Å². The van der Waals surface area contributed by atoms with E-state index in [0.29, 0.717) is 37.3 Å². The van der Waals surface area contributed by atoms with Crippen molar-refractivity contribution >= 4 is 17.7 Å². The number of esters is 1. The lowest BCUT2D eigenvalue weighted by molar-refractivity contribution is -0.137. The molecule has 0 bridgehead atoms. The number of anilines is 2. The van der Waals surface area contributed by atoms with E-state index in [1.165, 1.54) is 12.3 Å². The average molecular weight is 490 g/mol. The van der Waals surface area contributed by atoms with Crippen LogP contribution in [0.3, 0.4) is 0 Å². The third-order valence-corrected chi connectivity index (χ3v) is 5.58. The minimum absolute atomic E-state index is 0.0392. The van der Waals surface area contributed by atoms with Crippen LogP contribution in [0.5, 0.6) is 0 Å². The molecule has 186 valence electrons. The van der Waals surface area contributed by atoms with Crippen LogP contribution in [0.1, 0.15) is 41.3 Å². The van der Waals surface area contributed by atoms with E-state index in [9.17, 15) is 18.0 Å². The van der Waals surface area contributed by atoms with Crippen LogP contribution in [0.15, 0.2) is 47.1 Å². The molecule has 35 heavy (non-hydrogen) atoms. The molecule has 1 aromatic carbocycles. The zero-order chi connectivity index (χ0) is 25.1. The van der Waals surface area contributed by atoms with E-state index in [0.717, 1.165) is 12.1 Å². The van der Waals surface area contributed by atoms with Gasteiger partial charge in [-0.3, -0.25) is 0 Å². The molecule has 0 atom stereocenters. The van der Waals surface area contributed by atoms with Gasteiger partial charge in [0.15, 0.2) is 5.76 Å². The van der Waals surface area contributed by atoms with Gasteiger partial charge in [-0.05, 0) is 49.6 Å². The quantitative estimate of drug-likeness (QED) is 0.300. The van der Waals surface area contributed by atoms with Crippen molar-refractivity contribution in [1.29, 1.82) is 0 Å². The number of hydrogen-bond acceptors (Lipinski definition) is 8. The Morgan fingerprint density at radius 3 is 2.63 bits per heavy atom. The van der Waals surface area contributed by atoms with Crippen molar-refractivity contribution < 1.29 is 31.9 Å². The third-order valence-electron chi connectivity index (χ3n) is 5.58. The number of furan rings is 1. The number of benzene rings is 1. The van der Waals surface area contributed by atoms with Crippen molar-refractivity contribution in [3.05, 3.63) is 59.4 Å². The minimum atomic E-state index is -4.47.